The van der Waals surface area contributed by atoms with Gasteiger partial charge in [0.05, 0.1) is 0 Å². The number of benzene rings is 2. The molecule has 0 radical (unpaired) electrons. The minimum absolute atomic E-state index is 0. The van der Waals surface area contributed by atoms with Crippen molar-refractivity contribution in [1.82, 2.24) is 0 Å². The first-order valence-electron chi connectivity index (χ1n) is 8.32. The third kappa shape index (κ3) is 6.32. The zero-order chi connectivity index (χ0) is 16.8. The van der Waals surface area contributed by atoms with Gasteiger partial charge in [-0.25, -0.2) is 0 Å². The van der Waals surface area contributed by atoms with Crippen LogP contribution in [0, 0.1) is 0 Å². The smallest absolute Gasteiger partial charge is 0.168 e. The molecule has 0 heterocycles. The van der Waals surface area contributed by atoms with E-state index in [1.165, 1.54) is 32.7 Å². The fourth-order valence-electron chi connectivity index (χ4n) is 3.10. The van der Waals surface area contributed by atoms with Crippen LogP contribution >= 0.6 is 24.8 Å². The van der Waals surface area contributed by atoms with Crippen LogP contribution in [-0.4, -0.2) is 0 Å². The maximum Gasteiger partial charge on any atom is 2.00 e. The van der Waals surface area contributed by atoms with Crippen LogP contribution in [0.25, 0.3) is 21.5 Å². The van der Waals surface area contributed by atoms with Crippen molar-refractivity contribution < 1.29 is 26.2 Å². The number of allylic oxidation sites excluding steroid dienone is 2. The van der Waals surface area contributed by atoms with Gasteiger partial charge >= 0.3 is 26.2 Å². The quantitative estimate of drug-likeness (QED) is 0.213. The van der Waals surface area contributed by atoms with E-state index in [1.54, 1.807) is 0 Å². The Morgan fingerprint density at radius 2 is 1.00 bits per heavy atom. The molecule has 0 unspecified atom stereocenters. The molecular weight excluding hydrogens is 450 g/mol. The number of hydrogen-bond acceptors (Lipinski definition) is 0. The van der Waals surface area contributed by atoms with Gasteiger partial charge in [-0.2, -0.15) is 12.1 Å². The number of fused-ring (bicyclic) bond motifs is 2. The third-order valence-corrected chi connectivity index (χ3v) is 4.27. The van der Waals surface area contributed by atoms with Gasteiger partial charge in [-0.1, -0.05) is 24.3 Å². The molecule has 3 heteroatoms. The molecule has 0 atom stereocenters. The average Bonchev–Trinajstić information content (AvgIpc) is 3.22. The summed E-state index contributed by atoms with van der Waals surface area (Å²) in [6, 6.07) is 25.6. The van der Waals surface area contributed by atoms with Crippen LogP contribution in [0.5, 0.6) is 0 Å². The Balaban J connectivity index is 0.000000451. The molecule has 0 N–H and O–H groups in total. The van der Waals surface area contributed by atoms with Crippen LogP contribution in [-0.2, 0) is 39.0 Å². The van der Waals surface area contributed by atoms with Gasteiger partial charge in [0, 0.05) is 0 Å². The van der Waals surface area contributed by atoms with Crippen LogP contribution in [0.15, 0.2) is 98.1 Å². The first-order valence-corrected chi connectivity index (χ1v) is 8.32. The third-order valence-electron chi connectivity index (χ3n) is 4.27. The van der Waals surface area contributed by atoms with Crippen LogP contribution in [0.2, 0.25) is 0 Å². The van der Waals surface area contributed by atoms with E-state index in [4.69, 9.17) is 0 Å². The van der Waals surface area contributed by atoms with Crippen molar-refractivity contribution in [2.45, 2.75) is 12.8 Å². The second-order valence-electron chi connectivity index (χ2n) is 5.88. The Morgan fingerprint density at radius 1 is 0.630 bits per heavy atom. The summed E-state index contributed by atoms with van der Waals surface area (Å²) in [5, 5.41) is 5.37. The Labute approximate surface area is 193 Å². The van der Waals surface area contributed by atoms with Crippen LogP contribution in [0.1, 0.15) is 11.1 Å². The molecule has 0 aliphatic heterocycles. The van der Waals surface area contributed by atoms with Gasteiger partial charge in [0.15, 0.2) is 0 Å². The molecule has 4 rings (SSSR count). The summed E-state index contributed by atoms with van der Waals surface area (Å²) in [5.41, 5.74) is 2.75. The molecule has 0 fully saturated rings. The van der Waals surface area contributed by atoms with E-state index in [2.05, 4.69) is 86.0 Å². The molecule has 0 aliphatic carbocycles. The van der Waals surface area contributed by atoms with Gasteiger partial charge in [0.25, 0.3) is 0 Å². The van der Waals surface area contributed by atoms with Gasteiger partial charge < -0.3 is 0 Å². The summed E-state index contributed by atoms with van der Waals surface area (Å²) in [5.74, 6) is 0. The van der Waals surface area contributed by atoms with Crippen molar-refractivity contribution in [1.29, 1.82) is 0 Å². The molecule has 0 amide bonds. The van der Waals surface area contributed by atoms with Gasteiger partial charge in [-0.15, -0.1) is 119 Å². The fraction of sp³-hybridized carbons (Fsp3) is 0.0833. The summed E-state index contributed by atoms with van der Waals surface area (Å²) in [4.78, 5) is 0. The van der Waals surface area contributed by atoms with Crippen molar-refractivity contribution >= 4 is 46.4 Å². The predicted octanol–water partition coefficient (Wildman–Crippen LogP) is 7.42. The standard InChI is InChI=1S/2C12H11.2ClH.Zr/c2*1-2-5-10-8-9-11-6-3-4-7-12(10)11;;;/h2*2-4,6-9H,1,5H2;2*1H;/q2*-1;;;+2. The van der Waals surface area contributed by atoms with Gasteiger partial charge in [-0.3, -0.25) is 0 Å². The van der Waals surface area contributed by atoms with Crippen LogP contribution < -0.4 is 0 Å². The summed E-state index contributed by atoms with van der Waals surface area (Å²) in [6.45, 7) is 7.48. The fourth-order valence-corrected chi connectivity index (χ4v) is 3.10. The molecule has 4 aromatic rings. The molecule has 4 aromatic carbocycles. The van der Waals surface area contributed by atoms with Crippen molar-refractivity contribution in [3.8, 4) is 0 Å². The summed E-state index contributed by atoms with van der Waals surface area (Å²) in [6.07, 6.45) is 5.82. The van der Waals surface area contributed by atoms with E-state index in [0.29, 0.717) is 0 Å². The van der Waals surface area contributed by atoms with Crippen molar-refractivity contribution in [2.24, 2.45) is 0 Å². The Hall–Kier alpha value is -1.40. The van der Waals surface area contributed by atoms with E-state index in [1.807, 2.05) is 12.2 Å². The van der Waals surface area contributed by atoms with Crippen LogP contribution in [0.3, 0.4) is 0 Å². The van der Waals surface area contributed by atoms with E-state index in [9.17, 15) is 0 Å². The maximum atomic E-state index is 3.74. The molecule has 0 spiro atoms. The molecule has 0 saturated carbocycles. The zero-order valence-electron chi connectivity index (χ0n) is 15.2. The summed E-state index contributed by atoms with van der Waals surface area (Å²) in [7, 11) is 0. The normalized spacial score (nSPS) is 9.19. The minimum atomic E-state index is 0. The van der Waals surface area contributed by atoms with Crippen molar-refractivity contribution in [3.63, 3.8) is 0 Å². The molecule has 0 bridgehead atoms. The molecular formula is C24H24Cl2Zr. The SMILES string of the molecule is C=CC[c-]1ccc2ccccc21.C=CC[c-]1ccc2ccccc21.Cl.Cl.[Zr+2]. The number of hydrogen-bond donors (Lipinski definition) is 0. The molecule has 138 valence electrons. The topological polar surface area (TPSA) is 0 Å². The van der Waals surface area contributed by atoms with E-state index in [0.717, 1.165) is 12.8 Å². The molecule has 0 saturated heterocycles. The Bertz CT molecular complexity index is 883. The first kappa shape index (κ1) is 25.6. The molecule has 0 aliphatic rings. The second-order valence-corrected chi connectivity index (χ2v) is 5.88. The van der Waals surface area contributed by atoms with Gasteiger partial charge in [-0.05, 0) is 12.8 Å². The maximum absolute atomic E-state index is 3.74. The monoisotopic (exact) mass is 472 g/mol. The van der Waals surface area contributed by atoms with Crippen molar-refractivity contribution in [3.05, 3.63) is 109 Å². The molecule has 0 aromatic heterocycles. The molecule has 0 nitrogen and oxygen atoms in total. The van der Waals surface area contributed by atoms with E-state index >= 15 is 0 Å². The van der Waals surface area contributed by atoms with Crippen LogP contribution in [0.4, 0.5) is 0 Å². The first-order chi connectivity index (χ1) is 11.8. The Morgan fingerprint density at radius 3 is 1.37 bits per heavy atom. The number of halogens is 2. The summed E-state index contributed by atoms with van der Waals surface area (Å²) < 4.78 is 0. The largest absolute Gasteiger partial charge is 2.00 e. The average molecular weight is 475 g/mol. The van der Waals surface area contributed by atoms with E-state index in [-0.39, 0.29) is 51.0 Å². The molecule has 27 heavy (non-hydrogen) atoms. The minimum Gasteiger partial charge on any atom is -0.168 e. The van der Waals surface area contributed by atoms with E-state index < -0.39 is 0 Å². The van der Waals surface area contributed by atoms with Gasteiger partial charge in [0.1, 0.15) is 0 Å². The second kappa shape index (κ2) is 12.9. The zero-order valence-corrected chi connectivity index (χ0v) is 19.3. The predicted molar refractivity (Wildman–Crippen MR) is 121 cm³/mol. The van der Waals surface area contributed by atoms with Crippen molar-refractivity contribution in [2.75, 3.05) is 0 Å². The summed E-state index contributed by atoms with van der Waals surface area (Å²) >= 11 is 0. The van der Waals surface area contributed by atoms with Gasteiger partial charge in [0.2, 0.25) is 0 Å². The number of rotatable bonds is 4. The Kier molecular flexibility index (Phi) is 12.2.